The molecule has 2 unspecified atom stereocenters. The zero-order chi connectivity index (χ0) is 18.9. The Morgan fingerprint density at radius 2 is 1.76 bits per heavy atom. The van der Waals surface area contributed by atoms with Crippen LogP contribution in [0.25, 0.3) is 0 Å². The zero-order valence-corrected chi connectivity index (χ0v) is 17.0. The topological polar surface area (TPSA) is 52.6 Å². The molecule has 0 N–H and O–H groups in total. The number of methoxy groups -OCH3 is 1. The number of esters is 1. The van der Waals surface area contributed by atoms with Crippen molar-refractivity contribution in [3.63, 3.8) is 0 Å². The van der Waals surface area contributed by atoms with Crippen LogP contribution in [0, 0.1) is 0 Å². The van der Waals surface area contributed by atoms with Gasteiger partial charge in [-0.1, -0.05) is 32.6 Å². The second-order valence-electron chi connectivity index (χ2n) is 7.23. The van der Waals surface area contributed by atoms with Crippen LogP contribution < -0.4 is 4.74 Å². The molecule has 1 rings (SSSR count). The second-order valence-corrected chi connectivity index (χ2v) is 8.97. The number of hydrogen-bond acceptors (Lipinski definition) is 4. The monoisotopic (exact) mass is 368 g/mol. The Bertz CT molecular complexity index is 546. The molecule has 0 heterocycles. The summed E-state index contributed by atoms with van der Waals surface area (Å²) in [5, 5.41) is -0.222. The molecule has 0 saturated heterocycles. The predicted octanol–water partition coefficient (Wildman–Crippen LogP) is 4.87. The van der Waals surface area contributed by atoms with Gasteiger partial charge in [0.05, 0.1) is 24.3 Å². The van der Waals surface area contributed by atoms with Gasteiger partial charge in [0.15, 0.2) is 0 Å². The Kier molecular flexibility index (Phi) is 9.19. The average molecular weight is 369 g/mol. The molecule has 0 amide bonds. The quantitative estimate of drug-likeness (QED) is 0.436. The summed E-state index contributed by atoms with van der Waals surface area (Å²) >= 11 is 0. The number of carbonyl (C=O) groups excluding carboxylic acids is 1. The molecule has 5 heteroatoms. The maximum absolute atomic E-state index is 13.0. The van der Waals surface area contributed by atoms with E-state index in [1.54, 1.807) is 19.2 Å². The van der Waals surface area contributed by atoms with E-state index < -0.39 is 16.4 Å². The largest absolute Gasteiger partial charge is 0.497 e. The lowest BCUT2D eigenvalue weighted by Gasteiger charge is -2.22. The Hall–Kier alpha value is -1.36. The fourth-order valence-electron chi connectivity index (χ4n) is 2.55. The van der Waals surface area contributed by atoms with Gasteiger partial charge in [-0.2, -0.15) is 0 Å². The third kappa shape index (κ3) is 8.52. The molecule has 0 fully saturated rings. The van der Waals surface area contributed by atoms with Crippen LogP contribution >= 0.6 is 0 Å². The van der Waals surface area contributed by atoms with E-state index in [4.69, 9.17) is 9.47 Å². The van der Waals surface area contributed by atoms with Crippen LogP contribution in [0.2, 0.25) is 0 Å². The molecule has 0 aliphatic rings. The molecule has 0 aliphatic carbocycles. The SMILES string of the molecule is CCCCCCC(CC(=O)OC(C)(C)C)S(=O)c1ccc(OC)cc1. The highest BCUT2D eigenvalue weighted by molar-refractivity contribution is 7.85. The van der Waals surface area contributed by atoms with Gasteiger partial charge in [0, 0.05) is 10.1 Å². The van der Waals surface area contributed by atoms with E-state index in [1.807, 2.05) is 32.9 Å². The van der Waals surface area contributed by atoms with E-state index >= 15 is 0 Å². The lowest BCUT2D eigenvalue weighted by Crippen LogP contribution is -2.28. The van der Waals surface area contributed by atoms with E-state index in [0.29, 0.717) is 0 Å². The summed E-state index contributed by atoms with van der Waals surface area (Å²) in [6, 6.07) is 7.22. The van der Waals surface area contributed by atoms with Crippen molar-refractivity contribution in [3.05, 3.63) is 24.3 Å². The van der Waals surface area contributed by atoms with Crippen molar-refractivity contribution >= 4 is 16.8 Å². The molecule has 0 bridgehead atoms. The molecule has 0 saturated carbocycles. The Balaban J connectivity index is 2.80. The lowest BCUT2D eigenvalue weighted by atomic mass is 10.1. The highest BCUT2D eigenvalue weighted by Gasteiger charge is 2.25. The van der Waals surface area contributed by atoms with Crippen molar-refractivity contribution in [2.45, 2.75) is 82.0 Å². The molecule has 1 aromatic carbocycles. The first kappa shape index (κ1) is 21.7. The number of ether oxygens (including phenoxy) is 2. The van der Waals surface area contributed by atoms with Crippen molar-refractivity contribution in [1.29, 1.82) is 0 Å². The second kappa shape index (κ2) is 10.6. The van der Waals surface area contributed by atoms with Crippen LogP contribution in [-0.4, -0.2) is 28.1 Å². The van der Waals surface area contributed by atoms with Crippen molar-refractivity contribution < 1.29 is 18.5 Å². The van der Waals surface area contributed by atoms with E-state index in [0.717, 1.165) is 42.7 Å². The Morgan fingerprint density at radius 3 is 2.28 bits per heavy atom. The van der Waals surface area contributed by atoms with E-state index in [9.17, 15) is 9.00 Å². The first-order valence-electron chi connectivity index (χ1n) is 9.03. The van der Waals surface area contributed by atoms with Crippen LogP contribution in [0.1, 0.15) is 66.2 Å². The smallest absolute Gasteiger partial charge is 0.307 e. The molecule has 4 nitrogen and oxygen atoms in total. The normalized spacial score (nSPS) is 14.0. The van der Waals surface area contributed by atoms with Crippen molar-refractivity contribution in [3.8, 4) is 5.75 Å². The number of hydrogen-bond donors (Lipinski definition) is 0. The van der Waals surface area contributed by atoms with Crippen molar-refractivity contribution in [1.82, 2.24) is 0 Å². The van der Waals surface area contributed by atoms with E-state index in [2.05, 4.69) is 6.92 Å². The van der Waals surface area contributed by atoms with Crippen LogP contribution in [-0.2, 0) is 20.3 Å². The summed E-state index contributed by atoms with van der Waals surface area (Å²) in [6.45, 7) is 7.71. The van der Waals surface area contributed by atoms with Gasteiger partial charge in [0.2, 0.25) is 0 Å². The number of benzene rings is 1. The molecule has 0 aliphatic heterocycles. The van der Waals surface area contributed by atoms with Crippen molar-refractivity contribution in [2.24, 2.45) is 0 Å². The summed E-state index contributed by atoms with van der Waals surface area (Å²) in [7, 11) is 0.360. The maximum atomic E-state index is 13.0. The Labute approximate surface area is 154 Å². The van der Waals surface area contributed by atoms with Gasteiger partial charge in [-0.3, -0.25) is 9.00 Å². The van der Waals surface area contributed by atoms with Crippen LogP contribution in [0.3, 0.4) is 0 Å². The van der Waals surface area contributed by atoms with Gasteiger partial charge in [-0.05, 0) is 51.5 Å². The Morgan fingerprint density at radius 1 is 1.12 bits per heavy atom. The summed E-state index contributed by atoms with van der Waals surface area (Å²) in [6.07, 6.45) is 5.33. The van der Waals surface area contributed by atoms with Gasteiger partial charge in [-0.15, -0.1) is 0 Å². The van der Waals surface area contributed by atoms with Gasteiger partial charge < -0.3 is 9.47 Å². The van der Waals surface area contributed by atoms with Gasteiger partial charge in [0.25, 0.3) is 0 Å². The molecular formula is C20H32O4S. The highest BCUT2D eigenvalue weighted by Crippen LogP contribution is 2.23. The minimum absolute atomic E-state index is 0.183. The third-order valence-corrected chi connectivity index (χ3v) is 5.53. The third-order valence-electron chi connectivity index (χ3n) is 3.79. The average Bonchev–Trinajstić information content (AvgIpc) is 2.55. The molecule has 142 valence electrons. The molecule has 1 aromatic rings. The van der Waals surface area contributed by atoms with E-state index in [1.165, 1.54) is 0 Å². The summed E-state index contributed by atoms with van der Waals surface area (Å²) in [5.41, 5.74) is -0.522. The molecule has 2 atom stereocenters. The van der Waals surface area contributed by atoms with Gasteiger partial charge in [-0.25, -0.2) is 0 Å². The summed E-state index contributed by atoms with van der Waals surface area (Å²) < 4.78 is 23.5. The van der Waals surface area contributed by atoms with Crippen LogP contribution in [0.4, 0.5) is 0 Å². The molecule has 0 aromatic heterocycles. The first-order chi connectivity index (χ1) is 11.8. The fraction of sp³-hybridized carbons (Fsp3) is 0.650. The van der Waals surface area contributed by atoms with Crippen LogP contribution in [0.5, 0.6) is 5.75 Å². The summed E-state index contributed by atoms with van der Waals surface area (Å²) in [5.74, 6) is 0.447. The van der Waals surface area contributed by atoms with E-state index in [-0.39, 0.29) is 17.6 Å². The standard InChI is InChI=1S/C20H32O4S/c1-6-7-8-9-10-18(15-19(21)24-20(2,3)4)25(22)17-13-11-16(23-5)12-14-17/h11-14,18H,6-10,15H2,1-5H3. The molecule has 25 heavy (non-hydrogen) atoms. The van der Waals surface area contributed by atoms with Crippen molar-refractivity contribution in [2.75, 3.05) is 7.11 Å². The predicted molar refractivity (Wildman–Crippen MR) is 102 cm³/mol. The maximum Gasteiger partial charge on any atom is 0.307 e. The van der Waals surface area contributed by atoms with Gasteiger partial charge >= 0.3 is 5.97 Å². The fourth-order valence-corrected chi connectivity index (χ4v) is 4.01. The first-order valence-corrected chi connectivity index (χ1v) is 10.2. The number of unbranched alkanes of at least 4 members (excludes halogenated alkanes) is 3. The highest BCUT2D eigenvalue weighted by atomic mass is 32.2. The molecule has 0 radical (unpaired) electrons. The minimum Gasteiger partial charge on any atom is -0.497 e. The number of rotatable bonds is 10. The zero-order valence-electron chi connectivity index (χ0n) is 16.2. The van der Waals surface area contributed by atoms with Crippen LogP contribution in [0.15, 0.2) is 29.2 Å². The minimum atomic E-state index is -1.24. The lowest BCUT2D eigenvalue weighted by molar-refractivity contribution is -0.154. The summed E-state index contributed by atoms with van der Waals surface area (Å²) in [4.78, 5) is 12.9. The van der Waals surface area contributed by atoms with Gasteiger partial charge in [0.1, 0.15) is 11.4 Å². The number of carbonyl (C=O) groups is 1. The molecule has 0 spiro atoms. The molecular weight excluding hydrogens is 336 g/mol.